The molecule has 0 saturated carbocycles. The highest BCUT2D eigenvalue weighted by Crippen LogP contribution is 2.19. The molecule has 2 atom stereocenters. The number of ether oxygens (including phenoxy) is 1. The minimum atomic E-state index is -1.10. The first-order valence-electron chi connectivity index (χ1n) is 6.55. The van der Waals surface area contributed by atoms with Crippen LogP contribution in [0.25, 0.3) is 6.08 Å². The van der Waals surface area contributed by atoms with Crippen LogP contribution in [0.3, 0.4) is 0 Å². The SMILES string of the molecule is COc1ccc(C=CC(=O)N2C[C@H](O)C[C@H]2C(=O)O)cc1. The molecule has 0 unspecified atom stereocenters. The largest absolute Gasteiger partial charge is 0.497 e. The van der Waals surface area contributed by atoms with Gasteiger partial charge in [0.1, 0.15) is 11.8 Å². The molecule has 1 aromatic rings. The number of aliphatic carboxylic acids is 1. The van der Waals surface area contributed by atoms with Crippen molar-refractivity contribution in [3.05, 3.63) is 35.9 Å². The fourth-order valence-electron chi connectivity index (χ4n) is 2.27. The van der Waals surface area contributed by atoms with Crippen molar-refractivity contribution in [2.75, 3.05) is 13.7 Å². The Bertz CT molecular complexity index is 552. The summed E-state index contributed by atoms with van der Waals surface area (Å²) in [7, 11) is 1.57. The molecule has 0 aliphatic carbocycles. The quantitative estimate of drug-likeness (QED) is 0.800. The smallest absolute Gasteiger partial charge is 0.326 e. The molecule has 2 N–H and O–H groups in total. The zero-order chi connectivity index (χ0) is 15.4. The Kier molecular flexibility index (Phi) is 4.59. The summed E-state index contributed by atoms with van der Waals surface area (Å²) >= 11 is 0. The summed E-state index contributed by atoms with van der Waals surface area (Å²) < 4.78 is 5.04. The number of nitrogens with zero attached hydrogens (tertiary/aromatic N) is 1. The number of carbonyl (C=O) groups is 2. The number of carbonyl (C=O) groups excluding carboxylic acids is 1. The number of aliphatic hydroxyl groups is 1. The normalized spacial score (nSPS) is 21.7. The van der Waals surface area contributed by atoms with Crippen LogP contribution in [0.15, 0.2) is 30.3 Å². The minimum Gasteiger partial charge on any atom is -0.497 e. The standard InChI is InChI=1S/C15H17NO5/c1-21-12-5-2-10(3-6-12)4-7-14(18)16-9-11(17)8-13(16)15(19)20/h2-7,11,13,17H,8-9H2,1H3,(H,19,20)/t11-,13+/m1/s1. The molecule has 1 heterocycles. The van der Waals surface area contributed by atoms with Gasteiger partial charge in [-0.15, -0.1) is 0 Å². The summed E-state index contributed by atoms with van der Waals surface area (Å²) in [5.74, 6) is -0.806. The number of hydrogen-bond donors (Lipinski definition) is 2. The Hall–Kier alpha value is -2.34. The van der Waals surface area contributed by atoms with Gasteiger partial charge in [0.05, 0.1) is 13.2 Å². The molecule has 1 aliphatic heterocycles. The predicted molar refractivity (Wildman–Crippen MR) is 75.8 cm³/mol. The fraction of sp³-hybridized carbons (Fsp3) is 0.333. The molecule has 6 heteroatoms. The van der Waals surface area contributed by atoms with Crippen molar-refractivity contribution in [2.24, 2.45) is 0 Å². The number of amides is 1. The first-order chi connectivity index (χ1) is 10.0. The molecule has 6 nitrogen and oxygen atoms in total. The third-order valence-electron chi connectivity index (χ3n) is 3.38. The predicted octanol–water partition coefficient (Wildman–Crippen LogP) is 0.755. The van der Waals surface area contributed by atoms with Gasteiger partial charge >= 0.3 is 5.97 Å². The van der Waals surface area contributed by atoms with Gasteiger partial charge < -0.3 is 19.8 Å². The lowest BCUT2D eigenvalue weighted by Gasteiger charge is -2.19. The van der Waals surface area contributed by atoms with Crippen LogP contribution in [0.2, 0.25) is 0 Å². The number of aliphatic hydroxyl groups excluding tert-OH is 1. The summed E-state index contributed by atoms with van der Waals surface area (Å²) in [4.78, 5) is 24.3. The number of methoxy groups -OCH3 is 1. The Morgan fingerprint density at radius 3 is 2.57 bits per heavy atom. The van der Waals surface area contributed by atoms with Crippen molar-refractivity contribution in [2.45, 2.75) is 18.6 Å². The van der Waals surface area contributed by atoms with E-state index < -0.39 is 24.0 Å². The number of hydrogen-bond acceptors (Lipinski definition) is 4. The molecule has 112 valence electrons. The van der Waals surface area contributed by atoms with Crippen LogP contribution < -0.4 is 4.74 Å². The summed E-state index contributed by atoms with van der Waals surface area (Å²) in [6, 6.07) is 6.15. The van der Waals surface area contributed by atoms with Crippen molar-refractivity contribution in [1.29, 1.82) is 0 Å². The molecule has 0 bridgehead atoms. The van der Waals surface area contributed by atoms with Crippen LogP contribution in [-0.4, -0.2) is 52.8 Å². The van der Waals surface area contributed by atoms with Gasteiger partial charge in [0.15, 0.2) is 0 Å². The number of likely N-dealkylation sites (tertiary alicyclic amines) is 1. The maximum atomic E-state index is 12.0. The highest BCUT2D eigenvalue weighted by Gasteiger charge is 2.37. The van der Waals surface area contributed by atoms with E-state index in [-0.39, 0.29) is 13.0 Å². The Morgan fingerprint density at radius 1 is 1.33 bits per heavy atom. The number of β-amino-alcohol motifs (C(OH)–C–C–N with tert-alkyl or cyclic N) is 1. The second-order valence-electron chi connectivity index (χ2n) is 4.84. The van der Waals surface area contributed by atoms with E-state index in [9.17, 15) is 14.7 Å². The van der Waals surface area contributed by atoms with E-state index in [1.54, 1.807) is 37.5 Å². The van der Waals surface area contributed by atoms with Gasteiger partial charge in [-0.2, -0.15) is 0 Å². The summed E-state index contributed by atoms with van der Waals surface area (Å²) in [5.41, 5.74) is 0.802. The maximum Gasteiger partial charge on any atom is 0.326 e. The summed E-state index contributed by atoms with van der Waals surface area (Å²) in [6.45, 7) is 0.0444. The van der Waals surface area contributed by atoms with Crippen molar-refractivity contribution >= 4 is 18.0 Å². The summed E-state index contributed by atoms with van der Waals surface area (Å²) in [6.07, 6.45) is 2.20. The van der Waals surface area contributed by atoms with E-state index >= 15 is 0 Å². The molecular formula is C15H17NO5. The van der Waals surface area contributed by atoms with Crippen LogP contribution in [-0.2, 0) is 9.59 Å². The van der Waals surface area contributed by atoms with E-state index in [0.717, 1.165) is 5.56 Å². The molecular weight excluding hydrogens is 274 g/mol. The number of benzene rings is 1. The van der Waals surface area contributed by atoms with Crippen LogP contribution >= 0.6 is 0 Å². The van der Waals surface area contributed by atoms with Gasteiger partial charge in [-0.3, -0.25) is 4.79 Å². The molecule has 0 radical (unpaired) electrons. The van der Waals surface area contributed by atoms with Crippen LogP contribution in [0.5, 0.6) is 5.75 Å². The zero-order valence-electron chi connectivity index (χ0n) is 11.6. The van der Waals surface area contributed by atoms with E-state index in [4.69, 9.17) is 9.84 Å². The minimum absolute atomic E-state index is 0.0444. The number of carboxylic acids is 1. The average Bonchev–Trinajstić information content (AvgIpc) is 2.87. The lowest BCUT2D eigenvalue weighted by molar-refractivity contribution is -0.146. The molecule has 1 saturated heterocycles. The summed E-state index contributed by atoms with van der Waals surface area (Å²) in [5, 5.41) is 18.6. The second kappa shape index (κ2) is 6.41. The van der Waals surface area contributed by atoms with Gasteiger partial charge in [0.2, 0.25) is 5.91 Å². The molecule has 21 heavy (non-hydrogen) atoms. The molecule has 0 spiro atoms. The molecule has 2 rings (SSSR count). The van der Waals surface area contributed by atoms with Crippen molar-refractivity contribution < 1.29 is 24.5 Å². The van der Waals surface area contributed by atoms with E-state index in [1.807, 2.05) is 0 Å². The first-order valence-corrected chi connectivity index (χ1v) is 6.55. The number of carboxylic acid groups (broad SMARTS) is 1. The zero-order valence-corrected chi connectivity index (χ0v) is 11.6. The first kappa shape index (κ1) is 15.1. The van der Waals surface area contributed by atoms with Crippen molar-refractivity contribution in [3.63, 3.8) is 0 Å². The van der Waals surface area contributed by atoms with Gasteiger partial charge in [-0.25, -0.2) is 4.79 Å². The second-order valence-corrected chi connectivity index (χ2v) is 4.84. The van der Waals surface area contributed by atoms with Crippen LogP contribution in [0.4, 0.5) is 0 Å². The molecule has 1 aliphatic rings. The van der Waals surface area contributed by atoms with Gasteiger partial charge in [0, 0.05) is 19.0 Å². The molecule has 1 amide bonds. The highest BCUT2D eigenvalue weighted by atomic mass is 16.5. The fourth-order valence-corrected chi connectivity index (χ4v) is 2.27. The third kappa shape index (κ3) is 3.61. The molecule has 0 aromatic heterocycles. The van der Waals surface area contributed by atoms with Gasteiger partial charge in [-0.05, 0) is 23.8 Å². The Morgan fingerprint density at radius 2 is 2.00 bits per heavy atom. The Balaban J connectivity index is 2.05. The Labute approximate surface area is 122 Å². The van der Waals surface area contributed by atoms with E-state index in [0.29, 0.717) is 5.75 Å². The lowest BCUT2D eigenvalue weighted by Crippen LogP contribution is -2.39. The molecule has 1 fully saturated rings. The van der Waals surface area contributed by atoms with Crippen LogP contribution in [0.1, 0.15) is 12.0 Å². The van der Waals surface area contributed by atoms with Gasteiger partial charge in [-0.1, -0.05) is 12.1 Å². The van der Waals surface area contributed by atoms with Crippen molar-refractivity contribution in [1.82, 2.24) is 4.90 Å². The van der Waals surface area contributed by atoms with Gasteiger partial charge in [0.25, 0.3) is 0 Å². The highest BCUT2D eigenvalue weighted by molar-refractivity contribution is 5.94. The third-order valence-corrected chi connectivity index (χ3v) is 3.38. The monoisotopic (exact) mass is 291 g/mol. The topological polar surface area (TPSA) is 87.1 Å². The van der Waals surface area contributed by atoms with Crippen molar-refractivity contribution in [3.8, 4) is 5.75 Å². The number of rotatable bonds is 4. The van der Waals surface area contributed by atoms with E-state index in [2.05, 4.69) is 0 Å². The van der Waals surface area contributed by atoms with Crippen LogP contribution in [0, 0.1) is 0 Å². The molecule has 1 aromatic carbocycles. The maximum absolute atomic E-state index is 12.0. The average molecular weight is 291 g/mol. The lowest BCUT2D eigenvalue weighted by atomic mass is 10.2. The van der Waals surface area contributed by atoms with E-state index in [1.165, 1.54) is 11.0 Å².